The molecule has 0 aliphatic carbocycles. The zero-order valence-electron chi connectivity index (χ0n) is 16.2. The Morgan fingerprint density at radius 1 is 1.04 bits per heavy atom. The van der Waals surface area contributed by atoms with Crippen LogP contribution >= 0.6 is 11.6 Å². The number of amides is 2. The maximum atomic E-state index is 12.9. The fraction of sp³-hybridized carbons (Fsp3) is 0.619. The Morgan fingerprint density at radius 2 is 1.74 bits per heavy atom. The molecule has 0 unspecified atom stereocenters. The molecule has 0 radical (unpaired) electrons. The first-order valence-corrected chi connectivity index (χ1v) is 10.5. The largest absolute Gasteiger partial charge is 0.368 e. The van der Waals surface area contributed by atoms with Gasteiger partial charge in [-0.15, -0.1) is 0 Å². The van der Waals surface area contributed by atoms with E-state index in [4.69, 9.17) is 11.6 Å². The Kier molecular flexibility index (Phi) is 7.00. The van der Waals surface area contributed by atoms with Crippen molar-refractivity contribution >= 4 is 29.1 Å². The third-order valence-electron chi connectivity index (χ3n) is 5.71. The number of likely N-dealkylation sites (tertiary alicyclic amines) is 1. The van der Waals surface area contributed by atoms with Crippen molar-refractivity contribution in [2.75, 3.05) is 44.2 Å². The third kappa shape index (κ3) is 5.16. The molecule has 0 bridgehead atoms. The molecule has 1 aromatic carbocycles. The van der Waals surface area contributed by atoms with E-state index in [2.05, 4.69) is 17.9 Å². The van der Waals surface area contributed by atoms with Gasteiger partial charge in [-0.25, -0.2) is 0 Å². The Morgan fingerprint density at radius 3 is 2.37 bits per heavy atom. The highest BCUT2D eigenvalue weighted by atomic mass is 35.5. The molecule has 2 saturated heterocycles. The average Bonchev–Trinajstić information content (AvgIpc) is 2.71. The second-order valence-electron chi connectivity index (χ2n) is 7.55. The summed E-state index contributed by atoms with van der Waals surface area (Å²) < 4.78 is 0. The van der Waals surface area contributed by atoms with Crippen LogP contribution in [0.4, 0.5) is 5.69 Å². The first kappa shape index (κ1) is 20.0. The smallest absolute Gasteiger partial charge is 0.225 e. The van der Waals surface area contributed by atoms with Gasteiger partial charge in [-0.2, -0.15) is 0 Å². The number of hydrogen-bond acceptors (Lipinski definition) is 3. The van der Waals surface area contributed by atoms with Gasteiger partial charge in [0.25, 0.3) is 0 Å². The number of rotatable bonds is 5. The van der Waals surface area contributed by atoms with Gasteiger partial charge in [-0.3, -0.25) is 9.59 Å². The van der Waals surface area contributed by atoms with E-state index in [1.807, 2.05) is 28.0 Å². The van der Waals surface area contributed by atoms with Crippen molar-refractivity contribution in [1.82, 2.24) is 9.80 Å². The fourth-order valence-electron chi connectivity index (χ4n) is 3.98. The van der Waals surface area contributed by atoms with Crippen molar-refractivity contribution < 1.29 is 9.59 Å². The average molecular weight is 392 g/mol. The monoisotopic (exact) mass is 391 g/mol. The predicted octanol–water partition coefficient (Wildman–Crippen LogP) is 3.42. The van der Waals surface area contributed by atoms with Crippen LogP contribution in [0.25, 0.3) is 0 Å². The Bertz CT molecular complexity index is 651. The summed E-state index contributed by atoms with van der Waals surface area (Å²) in [6.45, 7) is 6.72. The topological polar surface area (TPSA) is 43.9 Å². The lowest BCUT2D eigenvalue weighted by Crippen LogP contribution is -2.52. The van der Waals surface area contributed by atoms with Crippen LogP contribution in [0.15, 0.2) is 24.3 Å². The van der Waals surface area contributed by atoms with Gasteiger partial charge in [0.1, 0.15) is 0 Å². The van der Waals surface area contributed by atoms with Crippen LogP contribution in [-0.2, 0) is 9.59 Å². The van der Waals surface area contributed by atoms with Crippen LogP contribution in [0.1, 0.15) is 39.0 Å². The van der Waals surface area contributed by atoms with Crippen LogP contribution in [0.5, 0.6) is 0 Å². The molecule has 2 fully saturated rings. The Hall–Kier alpha value is -1.75. The zero-order valence-corrected chi connectivity index (χ0v) is 17.0. The molecule has 27 heavy (non-hydrogen) atoms. The highest BCUT2D eigenvalue weighted by Gasteiger charge is 2.31. The minimum absolute atomic E-state index is 0.0675. The highest BCUT2D eigenvalue weighted by molar-refractivity contribution is 6.30. The van der Waals surface area contributed by atoms with Gasteiger partial charge in [0.2, 0.25) is 11.8 Å². The molecule has 2 aliphatic rings. The number of piperidine rings is 1. The Balaban J connectivity index is 1.45. The molecule has 2 aliphatic heterocycles. The molecule has 0 atom stereocenters. The number of benzene rings is 1. The molecule has 1 aromatic rings. The molecule has 0 spiro atoms. The fourth-order valence-corrected chi connectivity index (χ4v) is 4.16. The van der Waals surface area contributed by atoms with E-state index < -0.39 is 0 Å². The normalized spacial score (nSPS) is 18.7. The number of nitrogens with zero attached hydrogens (tertiary/aromatic N) is 3. The first-order chi connectivity index (χ1) is 13.1. The zero-order chi connectivity index (χ0) is 19.2. The molecule has 3 rings (SSSR count). The molecule has 2 heterocycles. The molecule has 6 heteroatoms. The summed E-state index contributed by atoms with van der Waals surface area (Å²) in [5, 5.41) is 0.742. The number of anilines is 1. The van der Waals surface area contributed by atoms with Gasteiger partial charge in [-0.05, 0) is 37.5 Å². The number of carbonyl (C=O) groups excluding carboxylic acids is 2. The van der Waals surface area contributed by atoms with E-state index in [1.165, 1.54) is 0 Å². The van der Waals surface area contributed by atoms with Crippen LogP contribution < -0.4 is 4.90 Å². The highest BCUT2D eigenvalue weighted by Crippen LogP contribution is 2.24. The van der Waals surface area contributed by atoms with E-state index >= 15 is 0 Å². The van der Waals surface area contributed by atoms with Gasteiger partial charge >= 0.3 is 0 Å². The summed E-state index contributed by atoms with van der Waals surface area (Å²) in [6, 6.07) is 7.88. The van der Waals surface area contributed by atoms with Gasteiger partial charge in [0.05, 0.1) is 0 Å². The molecule has 2 amide bonds. The summed E-state index contributed by atoms with van der Waals surface area (Å²) in [5.74, 6) is 0.581. The Labute approximate surface area is 167 Å². The second-order valence-corrected chi connectivity index (χ2v) is 7.99. The summed E-state index contributed by atoms with van der Waals surface area (Å²) in [5.41, 5.74) is 1.12. The number of hydrogen-bond donors (Lipinski definition) is 0. The molecule has 5 nitrogen and oxygen atoms in total. The minimum atomic E-state index is 0.0675. The molecular formula is C21H30ClN3O2. The van der Waals surface area contributed by atoms with Crippen molar-refractivity contribution in [1.29, 1.82) is 0 Å². The molecule has 148 valence electrons. The number of piperazine rings is 1. The van der Waals surface area contributed by atoms with Crippen LogP contribution in [-0.4, -0.2) is 60.9 Å². The summed E-state index contributed by atoms with van der Waals surface area (Å²) >= 11 is 6.09. The molecule has 0 aromatic heterocycles. The standard InChI is InChI=1S/C21H30ClN3O2/c1-2-3-7-20(26)24-10-8-17(9-11-24)21(27)25-14-12-23(13-15-25)19-6-4-5-18(22)16-19/h4-6,16-17H,2-3,7-15H2,1H3. The quantitative estimate of drug-likeness (QED) is 0.772. The molecular weight excluding hydrogens is 362 g/mol. The van der Waals surface area contributed by atoms with E-state index in [1.54, 1.807) is 0 Å². The number of halogens is 1. The van der Waals surface area contributed by atoms with E-state index in [-0.39, 0.29) is 17.7 Å². The van der Waals surface area contributed by atoms with Crippen molar-refractivity contribution in [3.63, 3.8) is 0 Å². The van der Waals surface area contributed by atoms with Gasteiger partial charge in [0, 0.05) is 62.3 Å². The SMILES string of the molecule is CCCCC(=O)N1CCC(C(=O)N2CCN(c3cccc(Cl)c3)CC2)CC1. The third-order valence-corrected chi connectivity index (χ3v) is 5.94. The predicted molar refractivity (Wildman–Crippen MR) is 109 cm³/mol. The summed E-state index contributed by atoms with van der Waals surface area (Å²) in [6.07, 6.45) is 4.23. The number of carbonyl (C=O) groups is 2. The molecule has 0 N–H and O–H groups in total. The minimum Gasteiger partial charge on any atom is -0.368 e. The van der Waals surface area contributed by atoms with Crippen molar-refractivity contribution in [3.8, 4) is 0 Å². The lowest BCUT2D eigenvalue weighted by atomic mass is 9.94. The van der Waals surface area contributed by atoms with Gasteiger partial charge in [0.15, 0.2) is 0 Å². The van der Waals surface area contributed by atoms with Gasteiger partial charge < -0.3 is 14.7 Å². The van der Waals surface area contributed by atoms with Crippen LogP contribution in [0.3, 0.4) is 0 Å². The van der Waals surface area contributed by atoms with Crippen LogP contribution in [0, 0.1) is 5.92 Å². The maximum Gasteiger partial charge on any atom is 0.225 e. The first-order valence-electron chi connectivity index (χ1n) is 10.2. The van der Waals surface area contributed by atoms with E-state index in [0.29, 0.717) is 6.42 Å². The summed E-state index contributed by atoms with van der Waals surface area (Å²) in [4.78, 5) is 31.3. The molecule has 0 saturated carbocycles. The maximum absolute atomic E-state index is 12.9. The lowest BCUT2D eigenvalue weighted by Gasteiger charge is -2.39. The second kappa shape index (κ2) is 9.45. The van der Waals surface area contributed by atoms with Gasteiger partial charge in [-0.1, -0.05) is 31.0 Å². The summed E-state index contributed by atoms with van der Waals surface area (Å²) in [7, 11) is 0. The lowest BCUT2D eigenvalue weighted by molar-refractivity contribution is -0.141. The van der Waals surface area contributed by atoms with Crippen molar-refractivity contribution in [3.05, 3.63) is 29.3 Å². The number of unbranched alkanes of at least 4 members (excludes halogenated alkanes) is 1. The van der Waals surface area contributed by atoms with Crippen LogP contribution in [0.2, 0.25) is 5.02 Å². The van der Waals surface area contributed by atoms with E-state index in [9.17, 15) is 9.59 Å². The van der Waals surface area contributed by atoms with E-state index in [0.717, 1.165) is 75.7 Å². The van der Waals surface area contributed by atoms with Crippen molar-refractivity contribution in [2.45, 2.75) is 39.0 Å². The van der Waals surface area contributed by atoms with Crippen molar-refractivity contribution in [2.24, 2.45) is 5.92 Å².